The summed E-state index contributed by atoms with van der Waals surface area (Å²) in [5, 5.41) is 13.8. The molecule has 2 rings (SSSR count). The average molecular weight is 255 g/mol. The van der Waals surface area contributed by atoms with E-state index in [0.29, 0.717) is 16.9 Å². The van der Waals surface area contributed by atoms with E-state index >= 15 is 0 Å². The predicted octanol–water partition coefficient (Wildman–Crippen LogP) is 3.32. The van der Waals surface area contributed by atoms with Crippen molar-refractivity contribution in [2.75, 3.05) is 0 Å². The quantitative estimate of drug-likeness (QED) is 0.477. The number of carbonyl (C=O) groups is 1. The number of ether oxygens (including phenoxy) is 1. The summed E-state index contributed by atoms with van der Waals surface area (Å²) in [7, 11) is 0. The fourth-order valence-electron chi connectivity index (χ4n) is 1.10. The first-order chi connectivity index (χ1) is 7.72. The van der Waals surface area contributed by atoms with Gasteiger partial charge in [0.05, 0.1) is 4.92 Å². The van der Waals surface area contributed by atoms with Gasteiger partial charge in [0.25, 0.3) is 0 Å². The molecule has 16 heavy (non-hydrogen) atoms. The molecular formula is C9H5NO4S2. The molecule has 0 aliphatic rings. The van der Waals surface area contributed by atoms with Crippen molar-refractivity contribution in [1.29, 1.82) is 0 Å². The van der Waals surface area contributed by atoms with E-state index in [1.807, 2.05) is 0 Å². The molecule has 0 saturated heterocycles. The van der Waals surface area contributed by atoms with Gasteiger partial charge in [0, 0.05) is 5.38 Å². The largest absolute Gasteiger partial charge is 0.447 e. The van der Waals surface area contributed by atoms with Crippen molar-refractivity contribution in [3.63, 3.8) is 0 Å². The molecule has 0 amide bonds. The number of aldehydes is 1. The zero-order chi connectivity index (χ0) is 11.5. The lowest BCUT2D eigenvalue weighted by atomic mass is 10.4. The molecule has 0 aliphatic carbocycles. The Kier molecular flexibility index (Phi) is 2.97. The van der Waals surface area contributed by atoms with Crippen LogP contribution >= 0.6 is 22.7 Å². The number of nitro groups is 1. The van der Waals surface area contributed by atoms with E-state index in [1.54, 1.807) is 16.8 Å². The molecule has 2 heterocycles. The topological polar surface area (TPSA) is 69.4 Å². The van der Waals surface area contributed by atoms with Crippen LogP contribution in [0.4, 0.5) is 5.00 Å². The Labute approximate surface area is 98.1 Å². The fraction of sp³-hybridized carbons (Fsp3) is 0. The Morgan fingerprint density at radius 3 is 2.62 bits per heavy atom. The molecule has 0 aliphatic heterocycles. The first-order valence-electron chi connectivity index (χ1n) is 4.15. The minimum absolute atomic E-state index is 0.0666. The Morgan fingerprint density at radius 1 is 1.25 bits per heavy atom. The van der Waals surface area contributed by atoms with E-state index in [-0.39, 0.29) is 10.8 Å². The number of thiophene rings is 2. The second-order valence-corrected chi connectivity index (χ2v) is 4.56. The van der Waals surface area contributed by atoms with Crippen molar-refractivity contribution < 1.29 is 14.5 Å². The van der Waals surface area contributed by atoms with Gasteiger partial charge in [0.15, 0.2) is 6.29 Å². The number of rotatable bonds is 4. The number of carbonyl (C=O) groups excluding carboxylic acids is 1. The van der Waals surface area contributed by atoms with Crippen LogP contribution in [-0.4, -0.2) is 11.2 Å². The molecule has 0 aromatic carbocycles. The van der Waals surface area contributed by atoms with Crippen LogP contribution in [0.25, 0.3) is 0 Å². The third-order valence-corrected chi connectivity index (χ3v) is 3.43. The van der Waals surface area contributed by atoms with Crippen LogP contribution in [0.1, 0.15) is 9.67 Å². The summed E-state index contributed by atoms with van der Waals surface area (Å²) in [5.41, 5.74) is 0. The first kappa shape index (κ1) is 10.8. The molecule has 0 fully saturated rings. The monoisotopic (exact) mass is 255 g/mol. The van der Waals surface area contributed by atoms with Gasteiger partial charge >= 0.3 is 5.00 Å². The van der Waals surface area contributed by atoms with Crippen molar-refractivity contribution >= 4 is 34.0 Å². The lowest BCUT2D eigenvalue weighted by Gasteiger charge is -2.00. The lowest BCUT2D eigenvalue weighted by Crippen LogP contribution is -1.89. The molecule has 0 saturated carbocycles. The maximum Gasteiger partial charge on any atom is 0.366 e. The number of hydrogen-bond acceptors (Lipinski definition) is 6. The van der Waals surface area contributed by atoms with Gasteiger partial charge in [-0.05, 0) is 17.5 Å². The number of hydrogen-bond donors (Lipinski definition) is 0. The van der Waals surface area contributed by atoms with Gasteiger partial charge in [-0.1, -0.05) is 11.3 Å². The van der Waals surface area contributed by atoms with E-state index in [1.165, 1.54) is 17.4 Å². The van der Waals surface area contributed by atoms with E-state index in [4.69, 9.17) is 4.74 Å². The third-order valence-electron chi connectivity index (χ3n) is 1.76. The van der Waals surface area contributed by atoms with Crippen molar-refractivity contribution in [3.05, 3.63) is 37.9 Å². The molecular weight excluding hydrogens is 250 g/mol. The molecule has 0 unspecified atom stereocenters. The summed E-state index contributed by atoms with van der Waals surface area (Å²) in [5.74, 6) is 0.512. The van der Waals surface area contributed by atoms with Gasteiger partial charge in [-0.25, -0.2) is 0 Å². The van der Waals surface area contributed by atoms with E-state index in [9.17, 15) is 14.9 Å². The van der Waals surface area contributed by atoms with Crippen LogP contribution in [0, 0.1) is 10.1 Å². The molecule has 0 atom stereocenters. The van der Waals surface area contributed by atoms with Gasteiger partial charge in [-0.3, -0.25) is 14.9 Å². The van der Waals surface area contributed by atoms with E-state index < -0.39 is 4.92 Å². The zero-order valence-electron chi connectivity index (χ0n) is 7.78. The smallest absolute Gasteiger partial charge is 0.366 e. The molecule has 0 N–H and O–H groups in total. The summed E-state index contributed by atoms with van der Waals surface area (Å²) >= 11 is 2.21. The van der Waals surface area contributed by atoms with Gasteiger partial charge in [-0.15, -0.1) is 11.3 Å². The molecule has 2 aromatic heterocycles. The number of nitrogens with zero attached hydrogens (tertiary/aromatic N) is 1. The normalized spacial score (nSPS) is 10.0. The predicted molar refractivity (Wildman–Crippen MR) is 60.8 cm³/mol. The van der Waals surface area contributed by atoms with Gasteiger partial charge in [0.2, 0.25) is 5.75 Å². The highest BCUT2D eigenvalue weighted by atomic mass is 32.1. The molecule has 5 nitrogen and oxygen atoms in total. The van der Waals surface area contributed by atoms with E-state index in [0.717, 1.165) is 11.3 Å². The van der Waals surface area contributed by atoms with Crippen LogP contribution in [0.3, 0.4) is 0 Å². The van der Waals surface area contributed by atoms with Crippen LogP contribution in [-0.2, 0) is 0 Å². The second-order valence-electron chi connectivity index (χ2n) is 2.72. The summed E-state index contributed by atoms with van der Waals surface area (Å²) in [6.07, 6.45) is 0.665. The van der Waals surface area contributed by atoms with Gasteiger partial charge < -0.3 is 4.74 Å². The van der Waals surface area contributed by atoms with E-state index in [2.05, 4.69) is 0 Å². The SMILES string of the molecule is O=Cc1sccc1Oc1ccsc1[N+](=O)[O-]. The maximum atomic E-state index is 10.6. The molecule has 2 aromatic rings. The van der Waals surface area contributed by atoms with Crippen molar-refractivity contribution in [2.45, 2.75) is 0 Å². The minimum Gasteiger partial charge on any atom is -0.447 e. The van der Waals surface area contributed by atoms with Crippen LogP contribution < -0.4 is 4.74 Å². The molecule has 0 spiro atoms. The third kappa shape index (κ3) is 1.95. The summed E-state index contributed by atoms with van der Waals surface area (Å²) < 4.78 is 5.32. The molecule has 0 bridgehead atoms. The highest BCUT2D eigenvalue weighted by Gasteiger charge is 2.18. The Bertz CT molecular complexity index is 531. The zero-order valence-corrected chi connectivity index (χ0v) is 9.42. The maximum absolute atomic E-state index is 10.6. The Balaban J connectivity index is 2.30. The Morgan fingerprint density at radius 2 is 1.94 bits per heavy atom. The Hall–Kier alpha value is -1.73. The van der Waals surface area contributed by atoms with Crippen molar-refractivity contribution in [1.82, 2.24) is 0 Å². The fourth-order valence-corrected chi connectivity index (χ4v) is 2.35. The molecule has 7 heteroatoms. The second kappa shape index (κ2) is 4.42. The minimum atomic E-state index is -0.507. The standard InChI is InChI=1S/C9H5NO4S2/c11-5-8-6(1-3-15-8)14-7-2-4-16-9(7)10(12)13/h1-5H. The lowest BCUT2D eigenvalue weighted by molar-refractivity contribution is -0.380. The first-order valence-corrected chi connectivity index (χ1v) is 5.90. The molecule has 0 radical (unpaired) electrons. The van der Waals surface area contributed by atoms with Gasteiger partial charge in [0.1, 0.15) is 10.6 Å². The summed E-state index contributed by atoms with van der Waals surface area (Å²) in [6.45, 7) is 0. The van der Waals surface area contributed by atoms with Gasteiger partial charge in [-0.2, -0.15) is 0 Å². The van der Waals surface area contributed by atoms with Crippen molar-refractivity contribution in [2.24, 2.45) is 0 Å². The highest BCUT2D eigenvalue weighted by molar-refractivity contribution is 7.13. The highest BCUT2D eigenvalue weighted by Crippen LogP contribution is 2.37. The summed E-state index contributed by atoms with van der Waals surface area (Å²) in [6, 6.07) is 3.12. The van der Waals surface area contributed by atoms with Crippen LogP contribution in [0.5, 0.6) is 11.5 Å². The van der Waals surface area contributed by atoms with Crippen molar-refractivity contribution in [3.8, 4) is 11.5 Å². The molecule has 82 valence electrons. The van der Waals surface area contributed by atoms with Crippen LogP contribution in [0.2, 0.25) is 0 Å². The average Bonchev–Trinajstić information content (AvgIpc) is 2.86. The summed E-state index contributed by atoms with van der Waals surface area (Å²) in [4.78, 5) is 21.2. The van der Waals surface area contributed by atoms with Crippen LogP contribution in [0.15, 0.2) is 22.9 Å².